The zero-order valence-electron chi connectivity index (χ0n) is 18.5. The van der Waals surface area contributed by atoms with Gasteiger partial charge in [-0.05, 0) is 43.5 Å². The van der Waals surface area contributed by atoms with Crippen LogP contribution in [0.4, 0.5) is 32.0 Å². The van der Waals surface area contributed by atoms with Crippen molar-refractivity contribution >= 4 is 23.2 Å². The Labute approximate surface area is 196 Å². The number of carbonyl (C=O) groups excluding carboxylic acids is 2. The van der Waals surface area contributed by atoms with E-state index >= 15 is 0 Å². The molecule has 1 fully saturated rings. The molecule has 0 aromatic heterocycles. The summed E-state index contributed by atoms with van der Waals surface area (Å²) in [6, 6.07) is 8.26. The van der Waals surface area contributed by atoms with Gasteiger partial charge in [0, 0.05) is 18.0 Å². The van der Waals surface area contributed by atoms with Gasteiger partial charge in [0.15, 0.2) is 0 Å². The van der Waals surface area contributed by atoms with E-state index in [0.29, 0.717) is 23.5 Å². The fourth-order valence-electron chi connectivity index (χ4n) is 4.11. The van der Waals surface area contributed by atoms with Gasteiger partial charge in [0.05, 0.1) is 28.9 Å². The maximum atomic E-state index is 13.5. The van der Waals surface area contributed by atoms with Gasteiger partial charge in [-0.2, -0.15) is 26.3 Å². The van der Waals surface area contributed by atoms with Crippen LogP contribution in [0.3, 0.4) is 0 Å². The maximum Gasteiger partial charge on any atom is 0.416 e. The zero-order valence-corrected chi connectivity index (χ0v) is 18.5. The SMILES string of the molecule is CCN1C(=O)[C@H](NC(=O)Cc2ccc(C(F)(F)F)cc2C(F)(F)F)N=C(C2CC2)c2ccccc21. The molecule has 1 aliphatic carbocycles. The van der Waals surface area contributed by atoms with Crippen molar-refractivity contribution in [1.82, 2.24) is 5.32 Å². The van der Waals surface area contributed by atoms with Crippen molar-refractivity contribution in [2.24, 2.45) is 10.9 Å². The Bertz CT molecular complexity index is 1180. The van der Waals surface area contributed by atoms with E-state index in [1.807, 2.05) is 6.07 Å². The van der Waals surface area contributed by atoms with Crippen LogP contribution < -0.4 is 10.2 Å². The van der Waals surface area contributed by atoms with Crippen molar-refractivity contribution < 1.29 is 35.9 Å². The Hall–Kier alpha value is -3.37. The molecule has 5 nitrogen and oxygen atoms in total. The highest BCUT2D eigenvalue weighted by Crippen LogP contribution is 2.39. The third-order valence-corrected chi connectivity index (χ3v) is 5.91. The van der Waals surface area contributed by atoms with Crippen molar-refractivity contribution in [2.75, 3.05) is 11.4 Å². The number of halogens is 6. The fourth-order valence-corrected chi connectivity index (χ4v) is 4.11. The first-order valence-electron chi connectivity index (χ1n) is 10.9. The molecule has 1 N–H and O–H groups in total. The molecule has 1 heterocycles. The van der Waals surface area contributed by atoms with E-state index in [4.69, 9.17) is 0 Å². The van der Waals surface area contributed by atoms with Crippen LogP contribution in [0.5, 0.6) is 0 Å². The van der Waals surface area contributed by atoms with Crippen LogP contribution in [0.15, 0.2) is 47.5 Å². The molecule has 4 rings (SSSR count). The van der Waals surface area contributed by atoms with E-state index in [-0.39, 0.29) is 18.5 Å². The number of rotatable bonds is 5. The van der Waals surface area contributed by atoms with E-state index in [2.05, 4.69) is 10.3 Å². The number of amides is 2. The number of fused-ring (bicyclic) bond motifs is 1. The van der Waals surface area contributed by atoms with Gasteiger partial charge in [-0.15, -0.1) is 0 Å². The third kappa shape index (κ3) is 5.18. The molecule has 0 bridgehead atoms. The summed E-state index contributed by atoms with van der Waals surface area (Å²) in [6.07, 6.45) is -10.6. The number of para-hydroxylation sites is 1. The van der Waals surface area contributed by atoms with Gasteiger partial charge >= 0.3 is 12.4 Å². The van der Waals surface area contributed by atoms with Crippen LogP contribution in [0.1, 0.15) is 42.0 Å². The summed E-state index contributed by atoms with van der Waals surface area (Å²) < 4.78 is 79.1. The topological polar surface area (TPSA) is 61.8 Å². The van der Waals surface area contributed by atoms with Crippen LogP contribution in [-0.4, -0.2) is 30.2 Å². The molecule has 2 aromatic carbocycles. The van der Waals surface area contributed by atoms with Crippen LogP contribution in [0, 0.1) is 5.92 Å². The molecular formula is C24H21F6N3O2. The largest absolute Gasteiger partial charge is 0.416 e. The summed E-state index contributed by atoms with van der Waals surface area (Å²) >= 11 is 0. The number of benzene rings is 2. The predicted octanol–water partition coefficient (Wildman–Crippen LogP) is 4.97. The molecule has 186 valence electrons. The quantitative estimate of drug-likeness (QED) is 0.593. The normalized spacial score (nSPS) is 18.6. The van der Waals surface area contributed by atoms with Gasteiger partial charge in [-0.3, -0.25) is 14.6 Å². The maximum absolute atomic E-state index is 13.5. The molecule has 0 unspecified atom stereocenters. The third-order valence-electron chi connectivity index (χ3n) is 5.91. The lowest BCUT2D eigenvalue weighted by atomic mass is 10.00. The van der Waals surface area contributed by atoms with E-state index < -0.39 is 53.4 Å². The average Bonchev–Trinajstić information content (AvgIpc) is 3.61. The minimum atomic E-state index is -5.10. The zero-order chi connectivity index (χ0) is 25.5. The van der Waals surface area contributed by atoms with Crippen molar-refractivity contribution in [3.8, 4) is 0 Å². The van der Waals surface area contributed by atoms with E-state index in [9.17, 15) is 35.9 Å². The highest BCUT2D eigenvalue weighted by Gasteiger charge is 2.40. The number of likely N-dealkylation sites (N-methyl/N-ethyl adjacent to an activating group) is 1. The van der Waals surface area contributed by atoms with Crippen molar-refractivity contribution in [2.45, 2.75) is 44.7 Å². The lowest BCUT2D eigenvalue weighted by molar-refractivity contribution is -0.143. The van der Waals surface area contributed by atoms with Gasteiger partial charge in [0.1, 0.15) is 0 Å². The molecule has 0 radical (unpaired) electrons. The number of anilines is 1. The van der Waals surface area contributed by atoms with E-state index in [0.717, 1.165) is 18.4 Å². The Morgan fingerprint density at radius 1 is 1.06 bits per heavy atom. The van der Waals surface area contributed by atoms with Gasteiger partial charge < -0.3 is 10.2 Å². The predicted molar refractivity (Wildman–Crippen MR) is 116 cm³/mol. The van der Waals surface area contributed by atoms with Crippen molar-refractivity contribution in [3.63, 3.8) is 0 Å². The first kappa shape index (κ1) is 24.7. The lowest BCUT2D eigenvalue weighted by Crippen LogP contribution is -2.47. The molecular weight excluding hydrogens is 476 g/mol. The summed E-state index contributed by atoms with van der Waals surface area (Å²) in [4.78, 5) is 31.8. The first-order valence-corrected chi connectivity index (χ1v) is 10.9. The van der Waals surface area contributed by atoms with Gasteiger partial charge in [0.25, 0.3) is 5.91 Å². The molecule has 11 heteroatoms. The molecule has 1 atom stereocenters. The summed E-state index contributed by atoms with van der Waals surface area (Å²) in [5.41, 5.74) is -1.64. The van der Waals surface area contributed by atoms with Crippen LogP contribution in [0.2, 0.25) is 0 Å². The standard InChI is InChI=1S/C24H21F6N3O2/c1-2-33-18-6-4-3-5-16(18)20(13-7-8-13)32-21(22(33)35)31-19(34)11-14-9-10-15(23(25,26)27)12-17(14)24(28,29)30/h3-6,9-10,12-13,21H,2,7-8,11H2,1H3,(H,31,34)/t21-/m1/s1. The molecule has 2 aliphatic rings. The molecule has 1 saturated carbocycles. The highest BCUT2D eigenvalue weighted by molar-refractivity contribution is 6.14. The Balaban J connectivity index is 1.63. The minimum Gasteiger partial charge on any atom is -0.326 e. The van der Waals surface area contributed by atoms with Gasteiger partial charge in [-0.25, -0.2) is 0 Å². The minimum absolute atomic E-state index is 0.0157. The number of carbonyl (C=O) groups is 2. The lowest BCUT2D eigenvalue weighted by Gasteiger charge is -2.24. The number of hydrogen-bond acceptors (Lipinski definition) is 3. The Morgan fingerprint density at radius 3 is 2.34 bits per heavy atom. The van der Waals surface area contributed by atoms with Crippen LogP contribution in [-0.2, 0) is 28.4 Å². The molecule has 35 heavy (non-hydrogen) atoms. The second-order valence-corrected chi connectivity index (χ2v) is 8.40. The van der Waals surface area contributed by atoms with Crippen LogP contribution in [0.25, 0.3) is 0 Å². The highest BCUT2D eigenvalue weighted by atomic mass is 19.4. The number of nitrogens with one attached hydrogen (secondary N) is 1. The number of alkyl halides is 6. The van der Waals surface area contributed by atoms with Crippen molar-refractivity contribution in [1.29, 1.82) is 0 Å². The van der Waals surface area contributed by atoms with E-state index in [1.54, 1.807) is 25.1 Å². The molecule has 2 amide bonds. The smallest absolute Gasteiger partial charge is 0.326 e. The van der Waals surface area contributed by atoms with Gasteiger partial charge in [0.2, 0.25) is 12.1 Å². The number of benzodiazepines with no additional fused rings is 1. The number of nitrogens with zero attached hydrogens (tertiary/aromatic N) is 2. The van der Waals surface area contributed by atoms with Crippen LogP contribution >= 0.6 is 0 Å². The first-order chi connectivity index (χ1) is 16.4. The second-order valence-electron chi connectivity index (χ2n) is 8.40. The molecule has 0 spiro atoms. The second kappa shape index (κ2) is 9.01. The molecule has 2 aromatic rings. The Morgan fingerprint density at radius 2 is 1.74 bits per heavy atom. The van der Waals surface area contributed by atoms with Gasteiger partial charge in [-0.1, -0.05) is 24.3 Å². The summed E-state index contributed by atoms with van der Waals surface area (Å²) in [5.74, 6) is -1.41. The Kier molecular flexibility index (Phi) is 6.37. The summed E-state index contributed by atoms with van der Waals surface area (Å²) in [5, 5.41) is 2.39. The summed E-state index contributed by atoms with van der Waals surface area (Å²) in [6.45, 7) is 2.01. The van der Waals surface area contributed by atoms with Crippen molar-refractivity contribution in [3.05, 3.63) is 64.7 Å². The molecule has 0 saturated heterocycles. The average molecular weight is 497 g/mol. The number of aliphatic imine (C=N–C) groups is 1. The summed E-state index contributed by atoms with van der Waals surface area (Å²) in [7, 11) is 0. The molecule has 1 aliphatic heterocycles. The fraction of sp³-hybridized carbons (Fsp3) is 0.375. The van der Waals surface area contributed by atoms with E-state index in [1.165, 1.54) is 4.90 Å². The monoisotopic (exact) mass is 497 g/mol. The number of hydrogen-bond donors (Lipinski definition) is 1.